The molecular weight excluding hydrogens is 587 g/mol. The Morgan fingerprint density at radius 3 is 2.33 bits per heavy atom. The molecule has 2 fully saturated rings. The number of piperazine rings is 1. The van der Waals surface area contributed by atoms with E-state index < -0.39 is 27.8 Å². The summed E-state index contributed by atoms with van der Waals surface area (Å²) < 4.78 is 50.9. The first-order valence-corrected chi connectivity index (χ1v) is 15.1. The minimum atomic E-state index is -4.80. The van der Waals surface area contributed by atoms with Crippen molar-refractivity contribution in [3.05, 3.63) is 73.9 Å². The predicted molar refractivity (Wildman–Crippen MR) is 157 cm³/mol. The van der Waals surface area contributed by atoms with Crippen molar-refractivity contribution in [2.45, 2.75) is 44.9 Å². The molecule has 230 valence electrons. The molecule has 43 heavy (non-hydrogen) atoms. The lowest BCUT2D eigenvalue weighted by Crippen LogP contribution is -2.48. The number of ether oxygens (including phenoxy) is 2. The van der Waals surface area contributed by atoms with Crippen LogP contribution in [0, 0.1) is 16.0 Å². The number of non-ortho nitro benzene ring substituents is 1. The summed E-state index contributed by atoms with van der Waals surface area (Å²) in [6.07, 6.45) is -1.43. The molecule has 0 amide bonds. The molecule has 13 heteroatoms. The minimum Gasteiger partial charge on any atom is -0.494 e. The van der Waals surface area contributed by atoms with Crippen molar-refractivity contribution in [3.8, 4) is 5.75 Å². The highest BCUT2D eigenvalue weighted by Gasteiger charge is 2.34. The molecule has 0 N–H and O–H groups in total. The van der Waals surface area contributed by atoms with Gasteiger partial charge in [0.05, 0.1) is 27.7 Å². The normalized spacial score (nSPS) is 19.8. The molecule has 1 saturated carbocycles. The van der Waals surface area contributed by atoms with Crippen LogP contribution in [0.1, 0.15) is 48.5 Å². The zero-order valence-electron chi connectivity index (χ0n) is 23.6. The minimum absolute atomic E-state index is 0.0529. The van der Waals surface area contributed by atoms with E-state index >= 15 is 0 Å². The van der Waals surface area contributed by atoms with Crippen LogP contribution in [-0.4, -0.2) is 61.2 Å². The number of nitro benzene ring substituents is 1. The summed E-state index contributed by atoms with van der Waals surface area (Å²) in [5.41, 5.74) is -2.09. The van der Waals surface area contributed by atoms with Gasteiger partial charge in [-0.3, -0.25) is 19.8 Å². The highest BCUT2D eigenvalue weighted by atomic mass is 32.1. The number of nitro groups is 1. The van der Waals surface area contributed by atoms with E-state index in [4.69, 9.17) is 9.47 Å². The number of carbonyl (C=O) groups excluding carboxylic acids is 1. The number of nitrogens with zero attached hydrogens (tertiary/aromatic N) is 3. The zero-order chi connectivity index (χ0) is 30.7. The van der Waals surface area contributed by atoms with Crippen molar-refractivity contribution in [1.82, 2.24) is 4.90 Å². The molecule has 1 aliphatic heterocycles. The van der Waals surface area contributed by atoms with Crippen LogP contribution in [-0.2, 0) is 10.9 Å². The van der Waals surface area contributed by atoms with Crippen molar-refractivity contribution in [1.29, 1.82) is 0 Å². The van der Waals surface area contributed by atoms with Crippen LogP contribution >= 0.6 is 11.3 Å². The van der Waals surface area contributed by atoms with Crippen molar-refractivity contribution in [2.24, 2.45) is 5.92 Å². The van der Waals surface area contributed by atoms with Gasteiger partial charge in [0.15, 0.2) is 5.43 Å². The third-order valence-corrected chi connectivity index (χ3v) is 9.21. The van der Waals surface area contributed by atoms with Crippen molar-refractivity contribution >= 4 is 38.1 Å². The van der Waals surface area contributed by atoms with Crippen LogP contribution in [0.15, 0.2) is 47.3 Å². The van der Waals surface area contributed by atoms with Gasteiger partial charge in [-0.15, -0.1) is 11.3 Å². The molecule has 3 aromatic rings. The van der Waals surface area contributed by atoms with E-state index in [0.29, 0.717) is 54.1 Å². The van der Waals surface area contributed by atoms with Gasteiger partial charge in [-0.1, -0.05) is 0 Å². The number of carbonyl (C=O) groups is 1. The maximum Gasteiger partial charge on any atom is 0.416 e. The molecule has 1 saturated heterocycles. The van der Waals surface area contributed by atoms with E-state index in [1.54, 1.807) is 24.3 Å². The largest absolute Gasteiger partial charge is 0.494 e. The Balaban J connectivity index is 1.14. The van der Waals surface area contributed by atoms with Crippen molar-refractivity contribution in [2.75, 3.05) is 44.2 Å². The van der Waals surface area contributed by atoms with E-state index in [1.807, 2.05) is 11.8 Å². The summed E-state index contributed by atoms with van der Waals surface area (Å²) in [6.45, 7) is 5.97. The Hall–Kier alpha value is -3.71. The standard InChI is InChI=1S/C30H32F3N3O6S/c1-2-41-22-9-5-20(6-10-22)29(38)42-23-7-3-19(4-8-23)18-34-11-13-35(14-12-34)27-17-26(37)24-15-21(30(31,32)33)16-25(36(39)40)28(24)43-27/h5-6,9-10,15-17,19,23H,2-4,7-8,11-14,18H2,1H3. The van der Waals surface area contributed by atoms with Crippen LogP contribution in [0.2, 0.25) is 0 Å². The van der Waals surface area contributed by atoms with E-state index in [-0.39, 0.29) is 22.2 Å². The fourth-order valence-electron chi connectivity index (χ4n) is 5.70. The average Bonchev–Trinajstić information content (AvgIpc) is 2.98. The second-order valence-electron chi connectivity index (χ2n) is 10.9. The van der Waals surface area contributed by atoms with Gasteiger partial charge in [0.1, 0.15) is 16.6 Å². The maximum atomic E-state index is 13.3. The van der Waals surface area contributed by atoms with E-state index in [9.17, 15) is 32.9 Å². The Morgan fingerprint density at radius 1 is 1.05 bits per heavy atom. The molecule has 2 heterocycles. The first-order chi connectivity index (χ1) is 20.5. The summed E-state index contributed by atoms with van der Waals surface area (Å²) in [5.74, 6) is 0.847. The summed E-state index contributed by atoms with van der Waals surface area (Å²) in [4.78, 5) is 40.4. The van der Waals surface area contributed by atoms with Gasteiger partial charge in [-0.2, -0.15) is 13.2 Å². The van der Waals surface area contributed by atoms with Gasteiger partial charge >= 0.3 is 12.1 Å². The first-order valence-electron chi connectivity index (χ1n) is 14.3. The molecule has 1 aliphatic carbocycles. The van der Waals surface area contributed by atoms with Gasteiger partial charge in [0.2, 0.25) is 0 Å². The molecule has 2 aliphatic rings. The van der Waals surface area contributed by atoms with Crippen molar-refractivity contribution < 1.29 is 32.4 Å². The number of anilines is 1. The lowest BCUT2D eigenvalue weighted by atomic mass is 9.87. The Kier molecular flexibility index (Phi) is 9.21. The van der Waals surface area contributed by atoms with Gasteiger partial charge in [0, 0.05) is 50.2 Å². The molecule has 0 radical (unpaired) electrons. The molecule has 2 aromatic carbocycles. The average molecular weight is 620 g/mol. The summed E-state index contributed by atoms with van der Waals surface area (Å²) >= 11 is 0.976. The monoisotopic (exact) mass is 619 g/mol. The number of halogens is 3. The smallest absolute Gasteiger partial charge is 0.416 e. The maximum absolute atomic E-state index is 13.3. The highest BCUT2D eigenvalue weighted by Crippen LogP contribution is 2.39. The second kappa shape index (κ2) is 12.9. The van der Waals surface area contributed by atoms with Crippen LogP contribution < -0.4 is 15.1 Å². The number of hydrogen-bond donors (Lipinski definition) is 0. The lowest BCUT2D eigenvalue weighted by molar-refractivity contribution is -0.383. The third kappa shape index (κ3) is 7.27. The number of fused-ring (bicyclic) bond motifs is 1. The Labute approximate surface area is 250 Å². The number of benzene rings is 2. The van der Waals surface area contributed by atoms with Gasteiger partial charge in [-0.05, 0) is 68.9 Å². The Bertz CT molecular complexity index is 1530. The van der Waals surface area contributed by atoms with Gasteiger partial charge < -0.3 is 14.4 Å². The number of esters is 1. The van der Waals surface area contributed by atoms with Crippen LogP contribution in [0.3, 0.4) is 0 Å². The fraction of sp³-hybridized carbons (Fsp3) is 0.467. The molecule has 9 nitrogen and oxygen atoms in total. The zero-order valence-corrected chi connectivity index (χ0v) is 24.4. The SMILES string of the molecule is CCOc1ccc(C(=O)OC2CCC(CN3CCN(c4cc(=O)c5cc(C(F)(F)F)cc([N+](=O)[O-])c5s4)CC3)CC2)cc1. The van der Waals surface area contributed by atoms with E-state index in [0.717, 1.165) is 56.7 Å². The van der Waals surface area contributed by atoms with Crippen LogP contribution in [0.25, 0.3) is 10.1 Å². The van der Waals surface area contributed by atoms with Crippen LogP contribution in [0.4, 0.5) is 23.9 Å². The molecule has 1 aromatic heterocycles. The summed E-state index contributed by atoms with van der Waals surface area (Å²) in [7, 11) is 0. The van der Waals surface area contributed by atoms with E-state index in [2.05, 4.69) is 4.90 Å². The highest BCUT2D eigenvalue weighted by molar-refractivity contribution is 7.22. The lowest BCUT2D eigenvalue weighted by Gasteiger charge is -2.38. The van der Waals surface area contributed by atoms with Crippen LogP contribution in [0.5, 0.6) is 5.75 Å². The first kappa shape index (κ1) is 30.7. The van der Waals surface area contributed by atoms with Gasteiger partial charge in [-0.25, -0.2) is 4.79 Å². The third-order valence-electron chi connectivity index (χ3n) is 7.99. The molecule has 0 bridgehead atoms. The number of rotatable bonds is 8. The Morgan fingerprint density at radius 2 is 1.72 bits per heavy atom. The summed E-state index contributed by atoms with van der Waals surface area (Å²) in [6, 6.07) is 9.40. The van der Waals surface area contributed by atoms with E-state index in [1.165, 1.54) is 6.07 Å². The fourth-order valence-corrected chi connectivity index (χ4v) is 6.90. The molecular formula is C30H32F3N3O6S. The van der Waals surface area contributed by atoms with Gasteiger partial charge in [0.25, 0.3) is 5.69 Å². The molecule has 5 rings (SSSR count). The van der Waals surface area contributed by atoms with Crippen molar-refractivity contribution in [3.63, 3.8) is 0 Å². The quantitative estimate of drug-likeness (QED) is 0.169. The number of hydrogen-bond acceptors (Lipinski definition) is 9. The molecule has 0 unspecified atom stereocenters. The predicted octanol–water partition coefficient (Wildman–Crippen LogP) is 6.13. The number of alkyl halides is 3. The topological polar surface area (TPSA) is 102 Å². The molecule has 0 spiro atoms. The molecule has 0 atom stereocenters. The summed E-state index contributed by atoms with van der Waals surface area (Å²) in [5, 5.41) is 11.8. The second-order valence-corrected chi connectivity index (χ2v) is 11.9.